The minimum atomic E-state index is -1.16. The van der Waals surface area contributed by atoms with Crippen molar-refractivity contribution in [2.45, 2.75) is 18.3 Å². The smallest absolute Gasteiger partial charge is 0.343 e. The minimum Gasteiger partial charge on any atom is -0.468 e. The lowest BCUT2D eigenvalue weighted by molar-refractivity contribution is -0.150. The molecule has 0 spiro atoms. The summed E-state index contributed by atoms with van der Waals surface area (Å²) in [6.07, 6.45) is 0.488. The molecular formula is C24H24ClN3O5. The van der Waals surface area contributed by atoms with Gasteiger partial charge in [-0.25, -0.2) is 14.8 Å². The Morgan fingerprint density at radius 3 is 2.30 bits per heavy atom. The van der Waals surface area contributed by atoms with Gasteiger partial charge in [0.1, 0.15) is 11.1 Å². The van der Waals surface area contributed by atoms with Crippen LogP contribution in [0, 0.1) is 0 Å². The van der Waals surface area contributed by atoms with Gasteiger partial charge in [0, 0.05) is 36.3 Å². The number of carbonyl (C=O) groups is 2. The number of halogens is 1. The number of oxazole rings is 1. The number of rotatable bonds is 4. The third kappa shape index (κ3) is 4.31. The Bertz CT molecular complexity index is 1140. The van der Waals surface area contributed by atoms with Crippen LogP contribution in [0.5, 0.6) is 0 Å². The predicted octanol–water partition coefficient (Wildman–Crippen LogP) is 4.61. The molecule has 1 fully saturated rings. The van der Waals surface area contributed by atoms with E-state index in [1.54, 1.807) is 12.1 Å². The monoisotopic (exact) mass is 469 g/mol. The number of aromatic nitrogens is 1. The highest BCUT2D eigenvalue weighted by Crippen LogP contribution is 2.42. The fourth-order valence-electron chi connectivity index (χ4n) is 4.10. The molecule has 8 nitrogen and oxygen atoms in total. The standard InChI is InChI=1S/C24H24ClN3O5/c1-27(31)23(30)28-14-12-24(13-15-28,22(29)32-2)21-26-19(16-8-10-18(25)11-9-16)20(33-21)17-6-4-3-5-7-17/h3-11,31H,12-15H2,1-2H3. The molecule has 9 heteroatoms. The first-order valence-corrected chi connectivity index (χ1v) is 10.9. The number of methoxy groups -OCH3 is 1. The zero-order valence-electron chi connectivity index (χ0n) is 18.3. The maximum atomic E-state index is 13.0. The van der Waals surface area contributed by atoms with E-state index in [4.69, 9.17) is 25.7 Å². The molecule has 2 aromatic carbocycles. The van der Waals surface area contributed by atoms with Gasteiger partial charge in [-0.15, -0.1) is 0 Å². The molecule has 0 aliphatic carbocycles. The number of nitrogens with zero attached hydrogens (tertiary/aromatic N) is 3. The number of hydrogen-bond acceptors (Lipinski definition) is 6. The Kier molecular flexibility index (Phi) is 6.40. The van der Waals surface area contributed by atoms with Crippen LogP contribution in [0.3, 0.4) is 0 Å². The van der Waals surface area contributed by atoms with Crippen LogP contribution in [0.1, 0.15) is 18.7 Å². The Morgan fingerprint density at radius 1 is 1.09 bits per heavy atom. The molecule has 4 rings (SSSR count). The first-order chi connectivity index (χ1) is 15.9. The van der Waals surface area contributed by atoms with E-state index in [9.17, 15) is 14.8 Å². The quantitative estimate of drug-likeness (QED) is 0.340. The summed E-state index contributed by atoms with van der Waals surface area (Å²) in [5, 5.41) is 10.6. The van der Waals surface area contributed by atoms with E-state index in [0.29, 0.717) is 21.5 Å². The van der Waals surface area contributed by atoms with Crippen molar-refractivity contribution in [3.8, 4) is 22.6 Å². The topological polar surface area (TPSA) is 96.1 Å². The third-order valence-corrected chi connectivity index (χ3v) is 6.18. The van der Waals surface area contributed by atoms with Crippen molar-refractivity contribution in [3.05, 3.63) is 65.5 Å². The molecule has 0 unspecified atom stereocenters. The van der Waals surface area contributed by atoms with E-state index in [2.05, 4.69) is 0 Å². The highest BCUT2D eigenvalue weighted by atomic mass is 35.5. The lowest BCUT2D eigenvalue weighted by Gasteiger charge is -2.38. The molecule has 0 saturated carbocycles. The first-order valence-electron chi connectivity index (χ1n) is 10.5. The molecule has 33 heavy (non-hydrogen) atoms. The largest absolute Gasteiger partial charge is 0.468 e. The van der Waals surface area contributed by atoms with E-state index >= 15 is 0 Å². The van der Waals surface area contributed by atoms with Crippen LogP contribution in [0.2, 0.25) is 5.02 Å². The minimum absolute atomic E-state index is 0.234. The number of benzene rings is 2. The molecule has 2 amide bonds. The van der Waals surface area contributed by atoms with Gasteiger partial charge in [0.25, 0.3) is 0 Å². The van der Waals surface area contributed by atoms with Gasteiger partial charge in [-0.2, -0.15) is 0 Å². The zero-order chi connectivity index (χ0) is 23.6. The summed E-state index contributed by atoms with van der Waals surface area (Å²) in [7, 11) is 2.59. The summed E-state index contributed by atoms with van der Waals surface area (Å²) in [5.74, 6) is 0.294. The number of urea groups is 1. The van der Waals surface area contributed by atoms with Crippen LogP contribution in [-0.2, 0) is 14.9 Å². The van der Waals surface area contributed by atoms with Gasteiger partial charge in [-0.05, 0) is 25.0 Å². The van der Waals surface area contributed by atoms with E-state index < -0.39 is 17.4 Å². The highest BCUT2D eigenvalue weighted by molar-refractivity contribution is 6.30. The second-order valence-electron chi connectivity index (χ2n) is 7.94. The number of hydroxylamine groups is 2. The Labute approximate surface area is 196 Å². The van der Waals surface area contributed by atoms with E-state index in [-0.39, 0.29) is 31.8 Å². The summed E-state index contributed by atoms with van der Waals surface area (Å²) in [6, 6.07) is 16.2. The number of amides is 2. The number of hydrogen-bond donors (Lipinski definition) is 1. The fraction of sp³-hybridized carbons (Fsp3) is 0.292. The summed E-state index contributed by atoms with van der Waals surface area (Å²) in [6.45, 7) is 0.469. The van der Waals surface area contributed by atoms with Gasteiger partial charge >= 0.3 is 12.0 Å². The van der Waals surface area contributed by atoms with E-state index in [0.717, 1.165) is 11.1 Å². The molecule has 1 aliphatic rings. The van der Waals surface area contributed by atoms with Gasteiger partial charge in [0.05, 0.1) is 7.11 Å². The van der Waals surface area contributed by atoms with E-state index in [1.807, 2.05) is 42.5 Å². The molecule has 172 valence electrons. The van der Waals surface area contributed by atoms with Crippen LogP contribution >= 0.6 is 11.6 Å². The number of piperidine rings is 1. The Hall–Kier alpha value is -3.36. The zero-order valence-corrected chi connectivity index (χ0v) is 19.1. The summed E-state index contributed by atoms with van der Waals surface area (Å²) in [5.41, 5.74) is 1.04. The average molecular weight is 470 g/mol. The number of likely N-dealkylation sites (tertiary alicyclic amines) is 1. The van der Waals surface area contributed by atoms with Gasteiger partial charge in [0.15, 0.2) is 5.76 Å². The second-order valence-corrected chi connectivity index (χ2v) is 8.37. The lowest BCUT2D eigenvalue weighted by Crippen LogP contribution is -2.51. The molecule has 2 heterocycles. The molecule has 1 aliphatic heterocycles. The fourth-order valence-corrected chi connectivity index (χ4v) is 4.22. The Morgan fingerprint density at radius 2 is 1.73 bits per heavy atom. The van der Waals surface area contributed by atoms with E-state index in [1.165, 1.54) is 19.1 Å². The van der Waals surface area contributed by atoms with Gasteiger partial charge in [-0.3, -0.25) is 10.0 Å². The van der Waals surface area contributed by atoms with Gasteiger partial charge in [0.2, 0.25) is 5.89 Å². The van der Waals surface area contributed by atoms with Crippen molar-refractivity contribution in [1.82, 2.24) is 14.9 Å². The molecule has 1 saturated heterocycles. The number of carbonyl (C=O) groups excluding carboxylic acids is 2. The van der Waals surface area contributed by atoms with Crippen molar-refractivity contribution >= 4 is 23.6 Å². The summed E-state index contributed by atoms with van der Waals surface area (Å²) >= 11 is 6.07. The highest BCUT2D eigenvalue weighted by Gasteiger charge is 2.49. The average Bonchev–Trinajstić information content (AvgIpc) is 3.30. The van der Waals surface area contributed by atoms with Gasteiger partial charge in [-0.1, -0.05) is 54.1 Å². The summed E-state index contributed by atoms with van der Waals surface area (Å²) < 4.78 is 11.4. The molecule has 0 radical (unpaired) electrons. The van der Waals surface area contributed by atoms with Crippen molar-refractivity contribution in [3.63, 3.8) is 0 Å². The second kappa shape index (κ2) is 9.25. The van der Waals surface area contributed by atoms with Crippen LogP contribution in [0.25, 0.3) is 22.6 Å². The normalized spacial score (nSPS) is 15.2. The molecule has 0 bridgehead atoms. The predicted molar refractivity (Wildman–Crippen MR) is 122 cm³/mol. The van der Waals surface area contributed by atoms with Crippen molar-refractivity contribution in [2.24, 2.45) is 0 Å². The van der Waals surface area contributed by atoms with Crippen molar-refractivity contribution < 1.29 is 24.0 Å². The van der Waals surface area contributed by atoms with Crippen molar-refractivity contribution in [2.75, 3.05) is 27.2 Å². The summed E-state index contributed by atoms with van der Waals surface area (Å²) in [4.78, 5) is 31.5. The lowest BCUT2D eigenvalue weighted by atomic mass is 9.78. The number of esters is 1. The molecule has 3 aromatic rings. The maximum absolute atomic E-state index is 13.0. The number of ether oxygens (including phenoxy) is 1. The molecule has 1 aromatic heterocycles. The van der Waals surface area contributed by atoms with Crippen LogP contribution in [-0.4, -0.2) is 59.4 Å². The molecular weight excluding hydrogens is 446 g/mol. The van der Waals surface area contributed by atoms with Crippen molar-refractivity contribution in [1.29, 1.82) is 0 Å². The Balaban J connectivity index is 1.80. The maximum Gasteiger partial charge on any atom is 0.343 e. The third-order valence-electron chi connectivity index (χ3n) is 5.93. The molecule has 1 N–H and O–H groups in total. The SMILES string of the molecule is COC(=O)C1(c2nc(-c3ccc(Cl)cc3)c(-c3ccccc3)o2)CCN(C(=O)N(C)O)CC1. The van der Waals surface area contributed by atoms with Crippen LogP contribution in [0.4, 0.5) is 4.79 Å². The van der Waals surface area contributed by atoms with Crippen LogP contribution in [0.15, 0.2) is 59.0 Å². The molecule has 0 atom stereocenters. The first kappa shape index (κ1) is 22.8. The van der Waals surface area contributed by atoms with Gasteiger partial charge < -0.3 is 14.1 Å². The van der Waals surface area contributed by atoms with Crippen LogP contribution < -0.4 is 0 Å².